The van der Waals surface area contributed by atoms with Gasteiger partial charge < -0.3 is 14.5 Å². The Kier molecular flexibility index (Phi) is 5.21. The Morgan fingerprint density at radius 2 is 1.77 bits per heavy atom. The molecule has 0 aromatic heterocycles. The number of nitrogens with zero attached hydrogens (tertiary/aromatic N) is 2. The third-order valence-electron chi connectivity index (χ3n) is 6.89. The van der Waals surface area contributed by atoms with Crippen molar-refractivity contribution in [1.29, 1.82) is 0 Å². The van der Waals surface area contributed by atoms with Gasteiger partial charge >= 0.3 is 0 Å². The van der Waals surface area contributed by atoms with Crippen molar-refractivity contribution in [3.63, 3.8) is 0 Å². The van der Waals surface area contributed by atoms with Crippen molar-refractivity contribution in [2.24, 2.45) is 17.8 Å². The first-order chi connectivity index (χ1) is 12.7. The average Bonchev–Trinajstić information content (AvgIpc) is 3.41. The van der Waals surface area contributed by atoms with Crippen LogP contribution in [0.3, 0.4) is 0 Å². The number of benzene rings is 1. The molecule has 0 radical (unpaired) electrons. The quantitative estimate of drug-likeness (QED) is 0.809. The lowest BCUT2D eigenvalue weighted by Gasteiger charge is -2.38. The summed E-state index contributed by atoms with van der Waals surface area (Å²) in [6.45, 7) is 2.85. The summed E-state index contributed by atoms with van der Waals surface area (Å²) in [7, 11) is 3.90. The van der Waals surface area contributed by atoms with E-state index in [2.05, 4.69) is 22.9 Å². The van der Waals surface area contributed by atoms with Gasteiger partial charge in [-0.1, -0.05) is 31.0 Å². The molecule has 1 aromatic carbocycles. The highest BCUT2D eigenvalue weighted by atomic mass is 16.5. The largest absolute Gasteiger partial charge is 0.496 e. The molecular weight excluding hydrogens is 324 g/mol. The van der Waals surface area contributed by atoms with Gasteiger partial charge in [0.25, 0.3) is 0 Å². The highest BCUT2D eigenvalue weighted by Crippen LogP contribution is 2.56. The van der Waals surface area contributed by atoms with Crippen LogP contribution in [0, 0.1) is 17.8 Å². The fourth-order valence-electron chi connectivity index (χ4n) is 5.26. The monoisotopic (exact) mass is 356 g/mol. The zero-order valence-electron chi connectivity index (χ0n) is 16.2. The van der Waals surface area contributed by atoms with Gasteiger partial charge in [-0.3, -0.25) is 4.79 Å². The van der Waals surface area contributed by atoms with Gasteiger partial charge in [0, 0.05) is 24.1 Å². The molecule has 4 nitrogen and oxygen atoms in total. The molecule has 1 saturated heterocycles. The van der Waals surface area contributed by atoms with E-state index in [-0.39, 0.29) is 0 Å². The van der Waals surface area contributed by atoms with Crippen LogP contribution in [0.1, 0.15) is 44.1 Å². The number of likely N-dealkylation sites (tertiary alicyclic amines) is 1. The van der Waals surface area contributed by atoms with E-state index in [0.717, 1.165) is 37.2 Å². The Hall–Kier alpha value is -1.55. The number of piperidine rings is 1. The minimum Gasteiger partial charge on any atom is -0.496 e. The summed E-state index contributed by atoms with van der Waals surface area (Å²) in [6, 6.07) is 8.52. The van der Waals surface area contributed by atoms with Gasteiger partial charge in [0.15, 0.2) is 0 Å². The molecule has 142 valence electrons. The van der Waals surface area contributed by atoms with Crippen molar-refractivity contribution < 1.29 is 9.53 Å². The number of carbonyl (C=O) groups is 1. The predicted molar refractivity (Wildman–Crippen MR) is 103 cm³/mol. The Labute approximate surface area is 157 Å². The van der Waals surface area contributed by atoms with Gasteiger partial charge in [-0.25, -0.2) is 0 Å². The van der Waals surface area contributed by atoms with E-state index in [9.17, 15) is 4.79 Å². The van der Waals surface area contributed by atoms with Crippen LogP contribution in [-0.4, -0.2) is 49.0 Å². The van der Waals surface area contributed by atoms with Crippen molar-refractivity contribution in [3.8, 4) is 5.75 Å². The Balaban J connectivity index is 1.54. The van der Waals surface area contributed by atoms with Crippen molar-refractivity contribution in [2.45, 2.75) is 51.1 Å². The van der Waals surface area contributed by atoms with Gasteiger partial charge in [0.05, 0.1) is 7.11 Å². The molecule has 3 aliphatic rings. The van der Waals surface area contributed by atoms with E-state index in [1.54, 1.807) is 7.11 Å². The van der Waals surface area contributed by atoms with Crippen LogP contribution in [-0.2, 0) is 11.3 Å². The van der Waals surface area contributed by atoms with Gasteiger partial charge in [-0.05, 0) is 63.7 Å². The minimum absolute atomic E-state index is 0.298. The molecular formula is C22H32N2O2. The summed E-state index contributed by atoms with van der Waals surface area (Å²) >= 11 is 0. The summed E-state index contributed by atoms with van der Waals surface area (Å²) in [6.07, 6.45) is 7.31. The first-order valence-corrected chi connectivity index (χ1v) is 10.3. The summed E-state index contributed by atoms with van der Waals surface area (Å²) in [4.78, 5) is 18.1. The normalized spacial score (nSPS) is 29.1. The fourth-order valence-corrected chi connectivity index (χ4v) is 5.26. The van der Waals surface area contributed by atoms with Crippen molar-refractivity contribution >= 4 is 5.91 Å². The van der Waals surface area contributed by atoms with E-state index in [4.69, 9.17) is 4.74 Å². The molecule has 3 atom stereocenters. The number of amides is 1. The van der Waals surface area contributed by atoms with Crippen molar-refractivity contribution in [2.75, 3.05) is 27.2 Å². The second-order valence-corrected chi connectivity index (χ2v) is 8.45. The zero-order chi connectivity index (χ0) is 18.1. The molecule has 26 heavy (non-hydrogen) atoms. The van der Waals surface area contributed by atoms with E-state index in [0.29, 0.717) is 36.2 Å². The molecule has 2 saturated carbocycles. The van der Waals surface area contributed by atoms with E-state index < -0.39 is 0 Å². The highest BCUT2D eigenvalue weighted by Gasteiger charge is 2.56. The van der Waals surface area contributed by atoms with Crippen LogP contribution in [0.4, 0.5) is 0 Å². The second-order valence-electron chi connectivity index (χ2n) is 8.45. The number of methoxy groups -OCH3 is 1. The molecule has 0 N–H and O–H groups in total. The molecule has 4 heteroatoms. The third kappa shape index (κ3) is 3.48. The molecule has 0 spiro atoms. The standard InChI is InChI=1S/C22H32N2O2/c1-23-13-11-17(12-14-23)24(15-16-7-3-6-10-20(16)26-2)22(25)21-18-8-4-5-9-19(18)21/h3,6-7,10,17-19,21H,4-5,8-9,11-15H2,1-2H3/t18-,19+,21?. The molecule has 1 amide bonds. The molecule has 3 fully saturated rings. The second kappa shape index (κ2) is 7.59. The fraction of sp³-hybridized carbons (Fsp3) is 0.682. The highest BCUT2D eigenvalue weighted by molar-refractivity contribution is 5.83. The maximum atomic E-state index is 13.5. The number of fused-ring (bicyclic) bond motifs is 1. The molecule has 1 aliphatic heterocycles. The van der Waals surface area contributed by atoms with Crippen LogP contribution in [0.5, 0.6) is 5.75 Å². The lowest BCUT2D eigenvalue weighted by Crippen LogP contribution is -2.47. The number of carbonyl (C=O) groups excluding carboxylic acids is 1. The van der Waals surface area contributed by atoms with Gasteiger partial charge in [0.1, 0.15) is 5.75 Å². The Bertz CT molecular complexity index is 627. The summed E-state index contributed by atoms with van der Waals surface area (Å²) in [5.74, 6) is 2.95. The first-order valence-electron chi connectivity index (χ1n) is 10.3. The van der Waals surface area contributed by atoms with E-state index in [1.807, 2.05) is 18.2 Å². The SMILES string of the molecule is COc1ccccc1CN(C(=O)C1[C@H]2CCCC[C@@H]12)C1CCN(C)CC1. The molecule has 0 bridgehead atoms. The Morgan fingerprint density at radius 1 is 1.12 bits per heavy atom. The topological polar surface area (TPSA) is 32.8 Å². The zero-order valence-corrected chi connectivity index (χ0v) is 16.2. The van der Waals surface area contributed by atoms with Crippen molar-refractivity contribution in [1.82, 2.24) is 9.80 Å². The maximum Gasteiger partial charge on any atom is 0.226 e. The van der Waals surface area contributed by atoms with Crippen molar-refractivity contribution in [3.05, 3.63) is 29.8 Å². The average molecular weight is 357 g/mol. The van der Waals surface area contributed by atoms with Crippen LogP contribution in [0.2, 0.25) is 0 Å². The molecule has 1 unspecified atom stereocenters. The Morgan fingerprint density at radius 3 is 2.42 bits per heavy atom. The van der Waals surface area contributed by atoms with Crippen LogP contribution in [0.25, 0.3) is 0 Å². The van der Waals surface area contributed by atoms with Gasteiger partial charge in [-0.15, -0.1) is 0 Å². The number of rotatable bonds is 5. The summed E-state index contributed by atoms with van der Waals surface area (Å²) < 4.78 is 5.55. The summed E-state index contributed by atoms with van der Waals surface area (Å²) in [5, 5.41) is 0. The lowest BCUT2D eigenvalue weighted by atomic mass is 10.0. The number of ether oxygens (including phenoxy) is 1. The molecule has 1 heterocycles. The number of hydrogen-bond donors (Lipinski definition) is 0. The summed E-state index contributed by atoms with van der Waals surface area (Å²) in [5.41, 5.74) is 1.13. The predicted octanol–water partition coefficient (Wildman–Crippen LogP) is 3.55. The van der Waals surface area contributed by atoms with Crippen LogP contribution < -0.4 is 4.74 Å². The minimum atomic E-state index is 0.298. The van der Waals surface area contributed by atoms with Gasteiger partial charge in [-0.2, -0.15) is 0 Å². The first kappa shape index (κ1) is 17.8. The van der Waals surface area contributed by atoms with E-state index >= 15 is 0 Å². The van der Waals surface area contributed by atoms with E-state index in [1.165, 1.54) is 25.7 Å². The van der Waals surface area contributed by atoms with Crippen LogP contribution in [0.15, 0.2) is 24.3 Å². The lowest BCUT2D eigenvalue weighted by molar-refractivity contribution is -0.137. The third-order valence-corrected chi connectivity index (χ3v) is 6.89. The molecule has 2 aliphatic carbocycles. The number of para-hydroxylation sites is 1. The molecule has 1 aromatic rings. The maximum absolute atomic E-state index is 13.5. The number of hydrogen-bond acceptors (Lipinski definition) is 3. The van der Waals surface area contributed by atoms with Crippen LogP contribution >= 0.6 is 0 Å². The van der Waals surface area contributed by atoms with Gasteiger partial charge in [0.2, 0.25) is 5.91 Å². The smallest absolute Gasteiger partial charge is 0.226 e. The molecule has 4 rings (SSSR count).